The standard InChI is InChI=1S/C98H90BN3O/c1-94(2,3)69-42-46-82-78(55-69)79-56-70(95(4,5)6)43-47-83(79)100(82)74-59-87-92-88(60-74)102(93-76(63-34-24-18-25-35-63)57-73(98(13,14)15)58-77(93)64-36-26-19-27-37-64)85-50-65(61-30-20-16-21-31-61)40-44-81(85)99(92)80-45-41-66(67-48-71(96(7,8)9)54-72(49-67)97(10,11)12)51-84(80)101(87)86-52-68(62-32-22-17-23-33-62)53-90-91(86)75-38-28-29-39-89(75)103-90/h16-60H,1-15H3/i16D,20D,21D,30D,31D. The highest BCUT2D eigenvalue weighted by Crippen LogP contribution is 2.55. The van der Waals surface area contributed by atoms with E-state index in [1.54, 1.807) is 0 Å². The second-order valence-corrected chi connectivity index (χ2v) is 33.9. The fraction of sp³-hybridized carbons (Fsp3) is 0.204. The van der Waals surface area contributed by atoms with Crippen LogP contribution in [0, 0.1) is 0 Å². The van der Waals surface area contributed by atoms with Crippen LogP contribution in [-0.2, 0) is 27.1 Å². The Hall–Kier alpha value is -10.9. The fourth-order valence-corrected chi connectivity index (χ4v) is 16.0. The second kappa shape index (κ2) is 23.9. The summed E-state index contributed by atoms with van der Waals surface area (Å²) in [5.74, 6) is 0. The Kier molecular flexibility index (Phi) is 13.8. The van der Waals surface area contributed by atoms with Crippen molar-refractivity contribution in [1.82, 2.24) is 4.57 Å². The van der Waals surface area contributed by atoms with Crippen LogP contribution in [0.25, 0.3) is 105 Å². The van der Waals surface area contributed by atoms with E-state index in [4.69, 9.17) is 5.79 Å². The van der Waals surface area contributed by atoms with Gasteiger partial charge < -0.3 is 18.8 Å². The highest BCUT2D eigenvalue weighted by molar-refractivity contribution is 7.00. The van der Waals surface area contributed by atoms with E-state index >= 15 is 0 Å². The number of benzene rings is 13. The number of furan rings is 1. The topological polar surface area (TPSA) is 24.6 Å². The maximum absolute atomic E-state index is 9.72. The third-order valence-electron chi connectivity index (χ3n) is 21.8. The number of hydrogen-bond donors (Lipinski definition) is 0. The minimum Gasteiger partial charge on any atom is -0.456 e. The molecule has 0 spiro atoms. The van der Waals surface area contributed by atoms with Gasteiger partial charge in [0.05, 0.1) is 40.3 Å². The van der Waals surface area contributed by atoms with Crippen molar-refractivity contribution in [2.45, 2.75) is 131 Å². The van der Waals surface area contributed by atoms with Gasteiger partial charge in [-0.25, -0.2) is 0 Å². The number of fused-ring (bicyclic) bond motifs is 10. The van der Waals surface area contributed by atoms with Gasteiger partial charge in [0.1, 0.15) is 11.2 Å². The smallest absolute Gasteiger partial charge is 0.252 e. The Balaban J connectivity index is 1.11. The van der Waals surface area contributed by atoms with E-state index in [9.17, 15) is 5.48 Å². The van der Waals surface area contributed by atoms with Crippen LogP contribution in [0.2, 0.25) is 0 Å². The van der Waals surface area contributed by atoms with Gasteiger partial charge in [0.25, 0.3) is 6.71 Å². The van der Waals surface area contributed by atoms with Gasteiger partial charge in [0.2, 0.25) is 0 Å². The summed E-state index contributed by atoms with van der Waals surface area (Å²) in [6.07, 6.45) is 0. The van der Waals surface area contributed by atoms with Crippen molar-refractivity contribution in [3.63, 3.8) is 0 Å². The molecule has 0 aliphatic carbocycles. The third kappa shape index (κ3) is 11.2. The van der Waals surface area contributed by atoms with Crippen LogP contribution in [0.1, 0.15) is 139 Å². The highest BCUT2D eigenvalue weighted by Gasteiger charge is 2.46. The van der Waals surface area contributed by atoms with Crippen molar-refractivity contribution in [3.05, 3.63) is 301 Å². The van der Waals surface area contributed by atoms with E-state index in [0.717, 1.165) is 150 Å². The summed E-state index contributed by atoms with van der Waals surface area (Å²) < 4.78 is 56.4. The maximum atomic E-state index is 9.72. The van der Waals surface area contributed by atoms with Crippen LogP contribution in [0.4, 0.5) is 34.1 Å². The average Bonchev–Trinajstić information content (AvgIpc) is 0.894. The lowest BCUT2D eigenvalue weighted by Crippen LogP contribution is -2.61. The van der Waals surface area contributed by atoms with Gasteiger partial charge in [-0.15, -0.1) is 0 Å². The van der Waals surface area contributed by atoms with Crippen molar-refractivity contribution in [2.75, 3.05) is 9.80 Å². The molecule has 5 heteroatoms. The second-order valence-electron chi connectivity index (χ2n) is 33.9. The molecule has 0 saturated carbocycles. The summed E-state index contributed by atoms with van der Waals surface area (Å²) in [7, 11) is 0. The zero-order valence-electron chi connectivity index (χ0n) is 66.9. The zero-order chi connectivity index (χ0) is 75.7. The Bertz CT molecular complexity index is 6020. The molecule has 2 aromatic heterocycles. The van der Waals surface area contributed by atoms with Crippen molar-refractivity contribution in [3.8, 4) is 61.3 Å². The Morgan fingerprint density at radius 1 is 0.311 bits per heavy atom. The minimum atomic E-state index is -0.458. The van der Waals surface area contributed by atoms with Gasteiger partial charge >= 0.3 is 0 Å². The molecule has 4 heterocycles. The van der Waals surface area contributed by atoms with Gasteiger partial charge in [-0.2, -0.15) is 0 Å². The van der Waals surface area contributed by atoms with E-state index < -0.39 is 12.8 Å². The van der Waals surface area contributed by atoms with Crippen LogP contribution in [0.3, 0.4) is 0 Å². The van der Waals surface area contributed by atoms with Crippen LogP contribution in [-0.4, -0.2) is 11.3 Å². The van der Waals surface area contributed by atoms with E-state index in [1.165, 1.54) is 22.3 Å². The number of aromatic nitrogens is 1. The van der Waals surface area contributed by atoms with E-state index in [2.05, 4.69) is 355 Å². The molecule has 2 aliphatic rings. The van der Waals surface area contributed by atoms with E-state index in [1.807, 2.05) is 6.07 Å². The summed E-state index contributed by atoms with van der Waals surface area (Å²) in [6.45, 7) is 34.0. The van der Waals surface area contributed by atoms with Crippen LogP contribution in [0.5, 0.6) is 0 Å². The van der Waals surface area contributed by atoms with Gasteiger partial charge in [-0.1, -0.05) is 298 Å². The van der Waals surface area contributed by atoms with Crippen molar-refractivity contribution in [1.29, 1.82) is 0 Å². The molecule has 506 valence electrons. The average molecular weight is 1340 g/mol. The Morgan fingerprint density at radius 3 is 1.28 bits per heavy atom. The summed E-state index contributed by atoms with van der Waals surface area (Å²) in [5.41, 5.74) is 27.5. The summed E-state index contributed by atoms with van der Waals surface area (Å²) in [4.78, 5) is 5.08. The first-order chi connectivity index (χ1) is 51.3. The monoisotopic (exact) mass is 1340 g/mol. The lowest BCUT2D eigenvalue weighted by atomic mass is 9.33. The van der Waals surface area contributed by atoms with Crippen LogP contribution < -0.4 is 26.2 Å². The van der Waals surface area contributed by atoms with Gasteiger partial charge in [-0.3, -0.25) is 0 Å². The number of rotatable bonds is 8. The SMILES string of the molecule is [2H]c1c([2H])c([2H])c(-c2ccc3c(c2)N(c2c(-c4ccccc4)cc(C(C)(C)C)cc2-c2ccccc2)c2cc(-n4c5ccc(C(C)(C)C)cc5c5cc(C(C)(C)C)ccc54)cc4c2B3c2ccc(-c3cc(C(C)(C)C)cc(C(C)(C)C)c3)cc2N4c2cc(-c3ccccc3)cc3oc4ccccc4c23)c([2H])c1[2H]. The maximum Gasteiger partial charge on any atom is 0.252 e. The van der Waals surface area contributed by atoms with Gasteiger partial charge in [-0.05, 0) is 195 Å². The molecule has 0 fully saturated rings. The largest absolute Gasteiger partial charge is 0.456 e. The lowest BCUT2D eigenvalue weighted by Gasteiger charge is -2.45. The predicted molar refractivity (Wildman–Crippen MR) is 443 cm³/mol. The van der Waals surface area contributed by atoms with Gasteiger partial charge in [0.15, 0.2) is 0 Å². The molecule has 0 N–H and O–H groups in total. The highest BCUT2D eigenvalue weighted by atomic mass is 16.3. The summed E-state index contributed by atoms with van der Waals surface area (Å²) in [6, 6.07) is 88.1. The molecule has 0 amide bonds. The van der Waals surface area contributed by atoms with E-state index in [-0.39, 0.29) is 56.8 Å². The van der Waals surface area contributed by atoms with Crippen molar-refractivity contribution >= 4 is 101 Å². The molecule has 0 saturated heterocycles. The number of nitrogens with zero attached hydrogens (tertiary/aromatic N) is 3. The first kappa shape index (κ1) is 59.8. The molecule has 17 rings (SSSR count). The molecule has 0 atom stereocenters. The molecular weight excluding hydrogens is 1250 g/mol. The molecular formula is C98H90BN3O. The minimum absolute atomic E-state index is 0.134. The predicted octanol–water partition coefficient (Wildman–Crippen LogP) is 25.6. The normalized spacial score (nSPS) is 14.0. The molecule has 15 aromatic rings. The number of hydrogen-bond acceptors (Lipinski definition) is 3. The number of anilines is 6. The fourth-order valence-electron chi connectivity index (χ4n) is 16.0. The van der Waals surface area contributed by atoms with Crippen LogP contribution in [0.15, 0.2) is 277 Å². The lowest BCUT2D eigenvalue weighted by molar-refractivity contribution is 0.569. The van der Waals surface area contributed by atoms with Crippen molar-refractivity contribution < 1.29 is 11.3 Å². The molecule has 0 bridgehead atoms. The van der Waals surface area contributed by atoms with Crippen molar-refractivity contribution in [2.24, 2.45) is 0 Å². The summed E-state index contributed by atoms with van der Waals surface area (Å²) >= 11 is 0. The molecule has 2 aliphatic heterocycles. The Labute approximate surface area is 616 Å². The zero-order valence-corrected chi connectivity index (χ0v) is 61.9. The summed E-state index contributed by atoms with van der Waals surface area (Å²) in [5, 5.41) is 4.30. The molecule has 13 aromatic carbocycles. The number of para-hydroxylation sites is 1. The van der Waals surface area contributed by atoms with Crippen LogP contribution >= 0.6 is 0 Å². The molecule has 0 radical (unpaired) electrons. The Morgan fingerprint density at radius 2 is 0.757 bits per heavy atom. The van der Waals surface area contributed by atoms with Gasteiger partial charge in [0, 0.05) is 50.0 Å². The molecule has 103 heavy (non-hydrogen) atoms. The first-order valence-electron chi connectivity index (χ1n) is 39.0. The molecule has 0 unspecified atom stereocenters. The quantitative estimate of drug-likeness (QED) is 0.142. The first-order valence-corrected chi connectivity index (χ1v) is 36.5. The van der Waals surface area contributed by atoms with E-state index in [0.29, 0.717) is 5.56 Å². The molecule has 4 nitrogen and oxygen atoms in total. The third-order valence-corrected chi connectivity index (χ3v) is 21.8.